The van der Waals surface area contributed by atoms with E-state index in [-0.39, 0.29) is 12.3 Å². The highest BCUT2D eigenvalue weighted by Crippen LogP contribution is 2.23. The second-order valence-electron chi connectivity index (χ2n) is 3.88. The van der Waals surface area contributed by atoms with Crippen molar-refractivity contribution in [1.29, 1.82) is 0 Å². The first kappa shape index (κ1) is 14.6. The number of thiophene rings is 1. The molecular weight excluding hydrogens is 293 g/mol. The van der Waals surface area contributed by atoms with E-state index < -0.39 is 12.5 Å². The number of anilines is 1. The minimum atomic E-state index is -4.73. The summed E-state index contributed by atoms with van der Waals surface area (Å²) in [5.41, 5.74) is 0.777. The van der Waals surface area contributed by atoms with Crippen LogP contribution >= 0.6 is 11.3 Å². The molecule has 0 saturated heterocycles. The molecule has 0 aliphatic heterocycles. The Kier molecular flexibility index (Phi) is 4.46. The Morgan fingerprint density at radius 1 is 1.35 bits per heavy atom. The second-order valence-corrected chi connectivity index (χ2v) is 4.66. The maximum Gasteiger partial charge on any atom is 0.573 e. The van der Waals surface area contributed by atoms with E-state index in [1.807, 2.05) is 10.8 Å². The highest BCUT2D eigenvalue weighted by Gasteiger charge is 2.31. The van der Waals surface area contributed by atoms with E-state index in [1.165, 1.54) is 17.4 Å². The van der Waals surface area contributed by atoms with Crippen LogP contribution in [0.5, 0.6) is 5.75 Å². The van der Waals surface area contributed by atoms with Crippen LogP contribution in [-0.2, 0) is 0 Å². The highest BCUT2D eigenvalue weighted by molar-refractivity contribution is 7.07. The lowest BCUT2D eigenvalue weighted by molar-refractivity contribution is -0.274. The van der Waals surface area contributed by atoms with E-state index in [0.717, 1.165) is 17.8 Å². The van der Waals surface area contributed by atoms with Crippen molar-refractivity contribution in [3.63, 3.8) is 0 Å². The Hall–Kier alpha value is -1.80. The number of alkyl halides is 3. The summed E-state index contributed by atoms with van der Waals surface area (Å²) in [5.74, 6) is -0.0322. The summed E-state index contributed by atoms with van der Waals surface area (Å²) in [5, 5.41) is 16.3. The highest BCUT2D eigenvalue weighted by atomic mass is 32.1. The van der Waals surface area contributed by atoms with E-state index in [0.29, 0.717) is 5.82 Å². The van der Waals surface area contributed by atoms with Gasteiger partial charge in [-0.15, -0.1) is 13.2 Å². The van der Waals surface area contributed by atoms with Crippen molar-refractivity contribution in [1.82, 2.24) is 4.98 Å². The summed E-state index contributed by atoms with van der Waals surface area (Å²) < 4.78 is 39.6. The standard InChI is InChI=1S/C12H11F3N2O2S/c13-12(14,15)19-9-1-2-11(16-5-9)17-6-10(18)8-3-4-20-7-8/h1-5,7,10,18H,6H2,(H,16,17). The van der Waals surface area contributed by atoms with Crippen molar-refractivity contribution in [2.75, 3.05) is 11.9 Å². The molecule has 0 aliphatic rings. The van der Waals surface area contributed by atoms with Crippen LogP contribution < -0.4 is 10.1 Å². The van der Waals surface area contributed by atoms with Crippen LogP contribution in [0.2, 0.25) is 0 Å². The predicted octanol–water partition coefficient (Wildman–Crippen LogP) is 3.19. The normalized spacial score (nSPS) is 13.0. The van der Waals surface area contributed by atoms with Crippen molar-refractivity contribution < 1.29 is 23.0 Å². The van der Waals surface area contributed by atoms with Gasteiger partial charge in [-0.3, -0.25) is 0 Å². The summed E-state index contributed by atoms with van der Waals surface area (Å²) >= 11 is 1.47. The van der Waals surface area contributed by atoms with E-state index in [4.69, 9.17) is 0 Å². The lowest BCUT2D eigenvalue weighted by Crippen LogP contribution is -2.17. The van der Waals surface area contributed by atoms with Gasteiger partial charge in [-0.25, -0.2) is 4.98 Å². The van der Waals surface area contributed by atoms with Gasteiger partial charge in [0.1, 0.15) is 11.6 Å². The van der Waals surface area contributed by atoms with Gasteiger partial charge in [-0.05, 0) is 34.5 Å². The molecular formula is C12H11F3N2O2S. The number of hydrogen-bond donors (Lipinski definition) is 2. The van der Waals surface area contributed by atoms with Crippen molar-refractivity contribution in [3.8, 4) is 5.75 Å². The molecule has 0 aliphatic carbocycles. The molecule has 2 aromatic heterocycles. The Morgan fingerprint density at radius 3 is 2.70 bits per heavy atom. The van der Waals surface area contributed by atoms with Crippen LogP contribution in [0.15, 0.2) is 35.2 Å². The third-order valence-corrected chi connectivity index (χ3v) is 3.08. The number of nitrogens with zero attached hydrogens (tertiary/aromatic N) is 1. The van der Waals surface area contributed by atoms with Crippen LogP contribution in [0, 0.1) is 0 Å². The molecule has 108 valence electrons. The predicted molar refractivity (Wildman–Crippen MR) is 68.7 cm³/mol. The Morgan fingerprint density at radius 2 is 2.15 bits per heavy atom. The molecule has 0 bridgehead atoms. The number of aromatic nitrogens is 1. The number of ether oxygens (including phenoxy) is 1. The molecule has 0 saturated carbocycles. The number of hydrogen-bond acceptors (Lipinski definition) is 5. The van der Waals surface area contributed by atoms with E-state index >= 15 is 0 Å². The number of aliphatic hydroxyl groups is 1. The van der Waals surface area contributed by atoms with E-state index in [9.17, 15) is 18.3 Å². The average molecular weight is 304 g/mol. The van der Waals surface area contributed by atoms with Gasteiger partial charge in [-0.2, -0.15) is 11.3 Å². The molecule has 0 spiro atoms. The Balaban J connectivity index is 1.88. The molecule has 2 aromatic rings. The van der Waals surface area contributed by atoms with Gasteiger partial charge >= 0.3 is 6.36 Å². The molecule has 0 radical (unpaired) electrons. The van der Waals surface area contributed by atoms with Crippen molar-refractivity contribution in [2.24, 2.45) is 0 Å². The van der Waals surface area contributed by atoms with Crippen molar-refractivity contribution >= 4 is 17.2 Å². The maximum absolute atomic E-state index is 12.0. The largest absolute Gasteiger partial charge is 0.573 e. The van der Waals surface area contributed by atoms with Crippen LogP contribution in [0.1, 0.15) is 11.7 Å². The lowest BCUT2D eigenvalue weighted by Gasteiger charge is -2.12. The Labute approximate surface area is 116 Å². The molecule has 2 heterocycles. The fourth-order valence-corrected chi connectivity index (χ4v) is 2.17. The van der Waals surface area contributed by atoms with Crippen molar-refractivity contribution in [3.05, 3.63) is 40.7 Å². The zero-order chi connectivity index (χ0) is 14.6. The molecule has 8 heteroatoms. The smallest absolute Gasteiger partial charge is 0.404 e. The quantitative estimate of drug-likeness (QED) is 0.891. The van der Waals surface area contributed by atoms with Gasteiger partial charge in [-0.1, -0.05) is 0 Å². The lowest BCUT2D eigenvalue weighted by atomic mass is 10.2. The summed E-state index contributed by atoms with van der Waals surface area (Å²) in [7, 11) is 0. The number of aliphatic hydroxyl groups excluding tert-OH is 1. The SMILES string of the molecule is OC(CNc1ccc(OC(F)(F)F)cn1)c1ccsc1. The summed E-state index contributed by atoms with van der Waals surface area (Å²) in [6, 6.07) is 4.30. The van der Waals surface area contributed by atoms with E-state index in [1.54, 1.807) is 6.07 Å². The van der Waals surface area contributed by atoms with Gasteiger partial charge in [0.15, 0.2) is 0 Å². The number of rotatable bonds is 5. The van der Waals surface area contributed by atoms with Gasteiger partial charge in [0.2, 0.25) is 0 Å². The molecule has 2 rings (SSSR count). The summed E-state index contributed by atoms with van der Waals surface area (Å²) in [4.78, 5) is 3.77. The molecule has 0 fully saturated rings. The van der Waals surface area contributed by atoms with Gasteiger partial charge in [0.25, 0.3) is 0 Å². The fourth-order valence-electron chi connectivity index (χ4n) is 1.46. The molecule has 2 N–H and O–H groups in total. The first-order valence-electron chi connectivity index (χ1n) is 5.60. The third-order valence-electron chi connectivity index (χ3n) is 2.37. The number of halogens is 3. The van der Waals surface area contributed by atoms with Crippen LogP contribution in [0.25, 0.3) is 0 Å². The average Bonchev–Trinajstić information content (AvgIpc) is 2.89. The zero-order valence-electron chi connectivity index (χ0n) is 10.1. The first-order chi connectivity index (χ1) is 9.44. The summed E-state index contributed by atoms with van der Waals surface area (Å²) in [6.45, 7) is 0.212. The molecule has 1 atom stereocenters. The Bertz CT molecular complexity index is 529. The second kappa shape index (κ2) is 6.10. The molecule has 1 unspecified atom stereocenters. The molecule has 4 nitrogen and oxygen atoms in total. The monoisotopic (exact) mass is 304 g/mol. The zero-order valence-corrected chi connectivity index (χ0v) is 10.9. The maximum atomic E-state index is 12.0. The molecule has 0 amide bonds. The number of nitrogens with one attached hydrogen (secondary N) is 1. The van der Waals surface area contributed by atoms with Crippen LogP contribution in [-0.4, -0.2) is 23.0 Å². The minimum absolute atomic E-state index is 0.212. The minimum Gasteiger partial charge on any atom is -0.404 e. The van der Waals surface area contributed by atoms with Gasteiger partial charge in [0.05, 0.1) is 12.3 Å². The van der Waals surface area contributed by atoms with Crippen LogP contribution in [0.4, 0.5) is 19.0 Å². The van der Waals surface area contributed by atoms with Crippen LogP contribution in [0.3, 0.4) is 0 Å². The third kappa shape index (κ3) is 4.39. The fraction of sp³-hybridized carbons (Fsp3) is 0.250. The summed E-state index contributed by atoms with van der Waals surface area (Å²) in [6.07, 6.45) is -4.47. The topological polar surface area (TPSA) is 54.4 Å². The molecule has 20 heavy (non-hydrogen) atoms. The van der Waals surface area contributed by atoms with Crippen molar-refractivity contribution in [2.45, 2.75) is 12.5 Å². The van der Waals surface area contributed by atoms with E-state index in [2.05, 4.69) is 15.0 Å². The van der Waals surface area contributed by atoms with Gasteiger partial charge in [0, 0.05) is 6.54 Å². The first-order valence-corrected chi connectivity index (χ1v) is 6.54. The molecule has 0 aromatic carbocycles. The number of pyridine rings is 1. The van der Waals surface area contributed by atoms with Gasteiger partial charge < -0.3 is 15.2 Å².